The van der Waals surface area contributed by atoms with Gasteiger partial charge in [0, 0.05) is 19.3 Å². The zero-order valence-corrected chi connectivity index (χ0v) is 39.3. The molecular formula is C53H88NO7+. The number of aliphatic carboxylic acids is 1. The molecule has 0 spiro atoms. The van der Waals surface area contributed by atoms with Crippen LogP contribution in [0.4, 0.5) is 0 Å². The molecule has 0 aromatic heterocycles. The van der Waals surface area contributed by atoms with Gasteiger partial charge in [0.25, 0.3) is 0 Å². The van der Waals surface area contributed by atoms with Gasteiger partial charge in [-0.15, -0.1) is 0 Å². The lowest BCUT2D eigenvalue weighted by atomic mass is 10.1. The van der Waals surface area contributed by atoms with Crippen molar-refractivity contribution in [3.05, 3.63) is 97.2 Å². The van der Waals surface area contributed by atoms with E-state index in [1.165, 1.54) is 44.9 Å². The van der Waals surface area contributed by atoms with Crippen molar-refractivity contribution < 1.29 is 38.2 Å². The maximum Gasteiger partial charge on any atom is 0.362 e. The molecule has 0 saturated heterocycles. The molecule has 61 heavy (non-hydrogen) atoms. The lowest BCUT2D eigenvalue weighted by molar-refractivity contribution is -0.887. The smallest absolute Gasteiger partial charge is 0.362 e. The second-order valence-electron chi connectivity index (χ2n) is 16.7. The minimum atomic E-state index is -0.889. The average Bonchev–Trinajstić information content (AvgIpc) is 3.22. The standard InChI is InChI=1S/C53H87NO7/c1-6-8-10-12-14-16-18-20-22-24-25-26-27-28-30-31-33-35-37-39-41-43-51(55)60-48-49(47-59-46-45-50(53(57)58)54(3,4)5)61-52(56)44-42-40-38-36-34-32-29-23-21-19-17-15-13-11-9-7-2/h8,10,14,16,20,22-23,25-26,28-30,32-35,49-50H,6-7,9,11-13,15,17-19,21,24,27,31,36-48H2,1-5H3/p+1/b10-8+,16-14+,22-20+,26-25+,29-23+,30-28+,34-32+,35-33+. The SMILES string of the molecule is CC/C=C/C/C=C/C/C=C/C/C=C/C/C=C/C/C=C/CCCCC(=O)OCC(COCCC(C(=O)O)[N+](C)(C)C)OC(=O)CCCCC/C=C/C=C/CCCCCCCCC. The summed E-state index contributed by atoms with van der Waals surface area (Å²) in [4.78, 5) is 37.0. The van der Waals surface area contributed by atoms with Gasteiger partial charge in [-0.3, -0.25) is 9.59 Å². The first kappa shape index (κ1) is 57.2. The Labute approximate surface area is 373 Å². The van der Waals surface area contributed by atoms with E-state index in [1.807, 2.05) is 21.1 Å². The van der Waals surface area contributed by atoms with Gasteiger partial charge in [-0.2, -0.15) is 0 Å². The van der Waals surface area contributed by atoms with Gasteiger partial charge < -0.3 is 23.8 Å². The van der Waals surface area contributed by atoms with E-state index in [0.29, 0.717) is 19.3 Å². The maximum absolute atomic E-state index is 12.7. The molecule has 1 N–H and O–H groups in total. The van der Waals surface area contributed by atoms with Crippen LogP contribution in [0.25, 0.3) is 0 Å². The van der Waals surface area contributed by atoms with Crippen LogP contribution in [-0.4, -0.2) is 80.6 Å². The van der Waals surface area contributed by atoms with Crippen molar-refractivity contribution in [1.82, 2.24) is 0 Å². The molecule has 0 aliphatic rings. The fraction of sp³-hybridized carbons (Fsp3) is 0.642. The summed E-state index contributed by atoms with van der Waals surface area (Å²) in [5, 5.41) is 9.63. The Bertz CT molecular complexity index is 1310. The van der Waals surface area contributed by atoms with Crippen molar-refractivity contribution in [3.63, 3.8) is 0 Å². The molecule has 0 amide bonds. The summed E-state index contributed by atoms with van der Waals surface area (Å²) < 4.78 is 17.2. The van der Waals surface area contributed by atoms with Crippen LogP contribution in [0.15, 0.2) is 97.2 Å². The lowest BCUT2D eigenvalue weighted by Crippen LogP contribution is -2.50. The molecule has 0 rings (SSSR count). The highest BCUT2D eigenvalue weighted by molar-refractivity contribution is 5.72. The van der Waals surface area contributed by atoms with Crippen LogP contribution in [0.2, 0.25) is 0 Å². The normalized spacial score (nSPS) is 13.8. The number of unbranched alkanes of at least 4 members (excludes halogenated alkanes) is 12. The van der Waals surface area contributed by atoms with Gasteiger partial charge in [0.15, 0.2) is 12.1 Å². The molecule has 0 saturated carbocycles. The third-order valence-corrected chi connectivity index (χ3v) is 10.00. The maximum atomic E-state index is 12.7. The fourth-order valence-corrected chi connectivity index (χ4v) is 6.32. The van der Waals surface area contributed by atoms with E-state index in [1.54, 1.807) is 0 Å². The minimum Gasteiger partial charge on any atom is -0.477 e. The van der Waals surface area contributed by atoms with Crippen LogP contribution in [0.5, 0.6) is 0 Å². The van der Waals surface area contributed by atoms with Crippen molar-refractivity contribution in [1.29, 1.82) is 0 Å². The quantitative estimate of drug-likeness (QED) is 0.0215. The summed E-state index contributed by atoms with van der Waals surface area (Å²) in [6.07, 6.45) is 57.4. The number of carboxylic acids is 1. The molecule has 8 heteroatoms. The Morgan fingerprint density at radius 1 is 0.525 bits per heavy atom. The van der Waals surface area contributed by atoms with Crippen molar-refractivity contribution in [2.45, 2.75) is 180 Å². The fourth-order valence-electron chi connectivity index (χ4n) is 6.32. The van der Waals surface area contributed by atoms with E-state index in [9.17, 15) is 19.5 Å². The molecule has 0 fully saturated rings. The highest BCUT2D eigenvalue weighted by Gasteiger charge is 2.31. The van der Waals surface area contributed by atoms with Gasteiger partial charge in [0.2, 0.25) is 0 Å². The number of hydrogen-bond acceptors (Lipinski definition) is 6. The van der Waals surface area contributed by atoms with Crippen LogP contribution in [-0.2, 0) is 28.6 Å². The third kappa shape index (κ3) is 41.4. The third-order valence-electron chi connectivity index (χ3n) is 10.00. The van der Waals surface area contributed by atoms with E-state index < -0.39 is 18.1 Å². The zero-order chi connectivity index (χ0) is 44.9. The first-order valence-electron chi connectivity index (χ1n) is 23.8. The first-order chi connectivity index (χ1) is 29.6. The molecule has 2 atom stereocenters. The van der Waals surface area contributed by atoms with Gasteiger partial charge in [-0.25, -0.2) is 4.79 Å². The summed E-state index contributed by atoms with van der Waals surface area (Å²) in [6, 6.07) is -0.632. The molecule has 0 heterocycles. The highest BCUT2D eigenvalue weighted by atomic mass is 16.6. The van der Waals surface area contributed by atoms with E-state index >= 15 is 0 Å². The number of ether oxygens (including phenoxy) is 3. The second kappa shape index (κ2) is 42.9. The van der Waals surface area contributed by atoms with E-state index in [4.69, 9.17) is 14.2 Å². The number of carbonyl (C=O) groups is 3. The molecular weight excluding hydrogens is 763 g/mol. The molecule has 0 aromatic carbocycles. The Morgan fingerprint density at radius 2 is 0.967 bits per heavy atom. The number of rotatable bonds is 41. The van der Waals surface area contributed by atoms with Gasteiger partial charge in [-0.1, -0.05) is 156 Å². The number of hydrogen-bond donors (Lipinski definition) is 1. The largest absolute Gasteiger partial charge is 0.477 e. The van der Waals surface area contributed by atoms with Crippen molar-refractivity contribution in [3.8, 4) is 0 Å². The Kier molecular flexibility index (Phi) is 40.3. The van der Waals surface area contributed by atoms with Crippen molar-refractivity contribution >= 4 is 17.9 Å². The van der Waals surface area contributed by atoms with Gasteiger partial charge in [0.05, 0.1) is 34.4 Å². The number of carboxylic acid groups (broad SMARTS) is 1. The Balaban J connectivity index is 4.45. The van der Waals surface area contributed by atoms with Crippen molar-refractivity contribution in [2.24, 2.45) is 0 Å². The summed E-state index contributed by atoms with van der Waals surface area (Å²) >= 11 is 0. The number of quaternary nitrogens is 1. The predicted molar refractivity (Wildman–Crippen MR) is 256 cm³/mol. The minimum absolute atomic E-state index is 0.0302. The lowest BCUT2D eigenvalue weighted by Gasteiger charge is -2.31. The van der Waals surface area contributed by atoms with Gasteiger partial charge in [-0.05, 0) is 89.9 Å². The Hall–Kier alpha value is -3.75. The first-order valence-corrected chi connectivity index (χ1v) is 23.8. The number of esters is 2. The summed E-state index contributed by atoms with van der Waals surface area (Å²) in [7, 11) is 5.50. The van der Waals surface area contributed by atoms with Gasteiger partial charge >= 0.3 is 17.9 Å². The molecule has 2 unspecified atom stereocenters. The van der Waals surface area contributed by atoms with E-state index in [2.05, 4.69) is 111 Å². The summed E-state index contributed by atoms with van der Waals surface area (Å²) in [5.41, 5.74) is 0. The van der Waals surface area contributed by atoms with Gasteiger partial charge in [0.1, 0.15) is 6.61 Å². The highest BCUT2D eigenvalue weighted by Crippen LogP contribution is 2.12. The number of nitrogens with zero attached hydrogens (tertiary/aromatic N) is 1. The monoisotopic (exact) mass is 851 g/mol. The Morgan fingerprint density at radius 3 is 1.49 bits per heavy atom. The number of likely N-dealkylation sites (N-methyl/N-ethyl adjacent to an activating group) is 1. The topological polar surface area (TPSA) is 99.1 Å². The van der Waals surface area contributed by atoms with Crippen LogP contribution >= 0.6 is 0 Å². The number of allylic oxidation sites excluding steroid dienone is 16. The molecule has 0 aromatic rings. The van der Waals surface area contributed by atoms with Crippen LogP contribution in [0.3, 0.4) is 0 Å². The van der Waals surface area contributed by atoms with Crippen LogP contribution in [0, 0.1) is 0 Å². The average molecular weight is 851 g/mol. The summed E-state index contributed by atoms with van der Waals surface area (Å²) in [5.74, 6) is -1.57. The zero-order valence-electron chi connectivity index (χ0n) is 39.3. The van der Waals surface area contributed by atoms with Crippen molar-refractivity contribution in [2.75, 3.05) is 41.0 Å². The predicted octanol–water partition coefficient (Wildman–Crippen LogP) is 13.5. The second-order valence-corrected chi connectivity index (χ2v) is 16.7. The molecule has 346 valence electrons. The number of carbonyl (C=O) groups excluding carboxylic acids is 2. The molecule has 0 bridgehead atoms. The summed E-state index contributed by atoms with van der Waals surface area (Å²) in [6.45, 7) is 4.53. The molecule has 0 aliphatic carbocycles. The molecule has 0 aliphatic heterocycles. The molecule has 8 nitrogen and oxygen atoms in total. The van der Waals surface area contributed by atoms with E-state index in [0.717, 1.165) is 77.0 Å². The van der Waals surface area contributed by atoms with E-state index in [-0.39, 0.29) is 49.1 Å². The van der Waals surface area contributed by atoms with Crippen LogP contribution in [0.1, 0.15) is 168 Å². The molecule has 0 radical (unpaired) electrons. The van der Waals surface area contributed by atoms with Crippen LogP contribution < -0.4 is 0 Å².